The van der Waals surface area contributed by atoms with E-state index in [1.165, 1.54) is 11.6 Å². The van der Waals surface area contributed by atoms with E-state index in [1.807, 2.05) is 24.3 Å². The highest BCUT2D eigenvalue weighted by Gasteiger charge is 2.27. The summed E-state index contributed by atoms with van der Waals surface area (Å²) >= 11 is 6.10. The van der Waals surface area contributed by atoms with Gasteiger partial charge < -0.3 is 5.32 Å². The van der Waals surface area contributed by atoms with Crippen LogP contribution in [-0.2, 0) is 0 Å². The third-order valence-electron chi connectivity index (χ3n) is 4.04. The van der Waals surface area contributed by atoms with Crippen molar-refractivity contribution in [3.8, 4) is 0 Å². The molecule has 2 aromatic rings. The van der Waals surface area contributed by atoms with Crippen LogP contribution in [0, 0.1) is 5.82 Å². The molecule has 2 atom stereocenters. The van der Waals surface area contributed by atoms with Crippen LogP contribution >= 0.6 is 11.6 Å². The van der Waals surface area contributed by atoms with Crippen molar-refractivity contribution in [2.75, 3.05) is 13.1 Å². The maximum Gasteiger partial charge on any atom is 0.123 e. The van der Waals surface area contributed by atoms with Crippen LogP contribution in [0.1, 0.15) is 29.4 Å². The molecule has 1 aliphatic heterocycles. The molecule has 3 heteroatoms. The van der Waals surface area contributed by atoms with Crippen LogP contribution in [0.25, 0.3) is 0 Å². The topological polar surface area (TPSA) is 12.0 Å². The molecule has 1 nitrogen and oxygen atoms in total. The number of rotatable bonds is 2. The van der Waals surface area contributed by atoms with Crippen LogP contribution in [-0.4, -0.2) is 13.1 Å². The minimum Gasteiger partial charge on any atom is -0.316 e. The average Bonchev–Trinajstić information content (AvgIpc) is 2.47. The molecule has 0 amide bonds. The first kappa shape index (κ1) is 13.6. The molecule has 0 bridgehead atoms. The standard InChI is InChI=1S/C17H17ClFN/c18-14-5-1-3-12(9-14)17-11-20-8-7-16(17)13-4-2-6-15(19)10-13/h1-6,9-10,16-17,20H,7-8,11H2. The molecule has 2 unspecified atom stereocenters. The highest BCUT2D eigenvalue weighted by molar-refractivity contribution is 6.30. The van der Waals surface area contributed by atoms with Gasteiger partial charge in [0.05, 0.1) is 0 Å². The van der Waals surface area contributed by atoms with Gasteiger partial charge in [0, 0.05) is 17.5 Å². The summed E-state index contributed by atoms with van der Waals surface area (Å²) in [6.07, 6.45) is 1.01. The van der Waals surface area contributed by atoms with E-state index in [2.05, 4.69) is 11.4 Å². The fourth-order valence-electron chi connectivity index (χ4n) is 3.08. The molecule has 1 saturated heterocycles. The molecule has 0 aliphatic carbocycles. The lowest BCUT2D eigenvalue weighted by molar-refractivity contribution is 0.403. The van der Waals surface area contributed by atoms with Crippen molar-refractivity contribution in [1.29, 1.82) is 0 Å². The van der Waals surface area contributed by atoms with Gasteiger partial charge in [-0.3, -0.25) is 0 Å². The third kappa shape index (κ3) is 2.87. The minimum absolute atomic E-state index is 0.161. The van der Waals surface area contributed by atoms with E-state index in [0.717, 1.165) is 30.1 Å². The Kier molecular flexibility index (Phi) is 4.04. The molecule has 0 spiro atoms. The van der Waals surface area contributed by atoms with Gasteiger partial charge in [-0.15, -0.1) is 0 Å². The fraction of sp³-hybridized carbons (Fsp3) is 0.294. The van der Waals surface area contributed by atoms with E-state index < -0.39 is 0 Å². The number of piperidine rings is 1. The summed E-state index contributed by atoms with van der Waals surface area (Å²) < 4.78 is 13.5. The van der Waals surface area contributed by atoms with E-state index >= 15 is 0 Å². The second kappa shape index (κ2) is 5.94. The minimum atomic E-state index is -0.161. The molecule has 1 fully saturated rings. The normalized spacial score (nSPS) is 22.7. The predicted molar refractivity (Wildman–Crippen MR) is 80.8 cm³/mol. The molecule has 1 heterocycles. The summed E-state index contributed by atoms with van der Waals surface area (Å²) in [4.78, 5) is 0. The summed E-state index contributed by atoms with van der Waals surface area (Å²) in [5.74, 6) is 0.514. The molecule has 0 aromatic heterocycles. The van der Waals surface area contributed by atoms with Crippen LogP contribution in [0.3, 0.4) is 0 Å². The Morgan fingerprint density at radius 3 is 2.50 bits per heavy atom. The lowest BCUT2D eigenvalue weighted by Crippen LogP contribution is -2.34. The van der Waals surface area contributed by atoms with Gasteiger partial charge in [-0.05, 0) is 54.3 Å². The molecule has 3 rings (SSSR count). The number of halogens is 2. The zero-order valence-corrected chi connectivity index (χ0v) is 11.9. The van der Waals surface area contributed by atoms with Gasteiger partial charge in [0.1, 0.15) is 5.82 Å². The average molecular weight is 290 g/mol. The number of nitrogens with one attached hydrogen (secondary N) is 1. The van der Waals surface area contributed by atoms with Gasteiger partial charge in [-0.2, -0.15) is 0 Å². The van der Waals surface area contributed by atoms with Crippen molar-refractivity contribution >= 4 is 11.6 Å². The Morgan fingerprint density at radius 1 is 1.00 bits per heavy atom. The van der Waals surface area contributed by atoms with Crippen molar-refractivity contribution < 1.29 is 4.39 Å². The molecule has 1 N–H and O–H groups in total. The van der Waals surface area contributed by atoms with Gasteiger partial charge in [-0.25, -0.2) is 4.39 Å². The van der Waals surface area contributed by atoms with Crippen LogP contribution in [0.5, 0.6) is 0 Å². The molecule has 0 radical (unpaired) electrons. The Morgan fingerprint density at radius 2 is 1.75 bits per heavy atom. The monoisotopic (exact) mass is 289 g/mol. The highest BCUT2D eigenvalue weighted by Crippen LogP contribution is 2.38. The molecule has 1 aliphatic rings. The van der Waals surface area contributed by atoms with Crippen LogP contribution in [0.15, 0.2) is 48.5 Å². The zero-order chi connectivity index (χ0) is 13.9. The van der Waals surface area contributed by atoms with Crippen LogP contribution in [0.4, 0.5) is 4.39 Å². The van der Waals surface area contributed by atoms with Crippen molar-refractivity contribution in [3.05, 3.63) is 70.5 Å². The molecule has 20 heavy (non-hydrogen) atoms. The van der Waals surface area contributed by atoms with E-state index in [1.54, 1.807) is 12.1 Å². The predicted octanol–water partition coefficient (Wildman–Crippen LogP) is 4.34. The summed E-state index contributed by atoms with van der Waals surface area (Å²) in [5, 5.41) is 4.19. The van der Waals surface area contributed by atoms with Gasteiger partial charge in [-0.1, -0.05) is 35.9 Å². The Labute approximate surface area is 123 Å². The van der Waals surface area contributed by atoms with Gasteiger partial charge in [0.25, 0.3) is 0 Å². The number of hydrogen-bond acceptors (Lipinski definition) is 1. The second-order valence-corrected chi connectivity index (χ2v) is 5.75. The zero-order valence-electron chi connectivity index (χ0n) is 11.2. The van der Waals surface area contributed by atoms with Crippen molar-refractivity contribution in [3.63, 3.8) is 0 Å². The fourth-order valence-corrected chi connectivity index (χ4v) is 3.28. The van der Waals surface area contributed by atoms with E-state index in [4.69, 9.17) is 11.6 Å². The maximum absolute atomic E-state index is 13.5. The van der Waals surface area contributed by atoms with Gasteiger partial charge >= 0.3 is 0 Å². The lowest BCUT2D eigenvalue weighted by atomic mass is 9.77. The second-order valence-electron chi connectivity index (χ2n) is 5.32. The van der Waals surface area contributed by atoms with Gasteiger partial charge in [0.15, 0.2) is 0 Å². The first-order valence-corrected chi connectivity index (χ1v) is 7.33. The first-order valence-electron chi connectivity index (χ1n) is 6.95. The maximum atomic E-state index is 13.5. The lowest BCUT2D eigenvalue weighted by Gasteiger charge is -2.33. The summed E-state index contributed by atoms with van der Waals surface area (Å²) in [6, 6.07) is 15.0. The number of hydrogen-bond donors (Lipinski definition) is 1. The SMILES string of the molecule is Fc1cccc(C2CCNCC2c2cccc(Cl)c2)c1. The third-order valence-corrected chi connectivity index (χ3v) is 4.27. The molecule has 0 saturated carbocycles. The molecule has 2 aromatic carbocycles. The van der Waals surface area contributed by atoms with E-state index in [-0.39, 0.29) is 5.82 Å². The quantitative estimate of drug-likeness (QED) is 0.867. The summed E-state index contributed by atoms with van der Waals surface area (Å²) in [7, 11) is 0. The molecular formula is C17H17ClFN. The molecule has 104 valence electrons. The summed E-state index contributed by atoms with van der Waals surface area (Å²) in [5.41, 5.74) is 2.30. The van der Waals surface area contributed by atoms with E-state index in [0.29, 0.717) is 11.8 Å². The Hall–Kier alpha value is -1.38. The Balaban J connectivity index is 1.95. The van der Waals surface area contributed by atoms with Crippen molar-refractivity contribution in [1.82, 2.24) is 5.32 Å². The van der Waals surface area contributed by atoms with Crippen LogP contribution in [0.2, 0.25) is 5.02 Å². The van der Waals surface area contributed by atoms with E-state index in [9.17, 15) is 4.39 Å². The van der Waals surface area contributed by atoms with Gasteiger partial charge in [0.2, 0.25) is 0 Å². The highest BCUT2D eigenvalue weighted by atomic mass is 35.5. The van der Waals surface area contributed by atoms with Crippen molar-refractivity contribution in [2.24, 2.45) is 0 Å². The summed E-state index contributed by atoms with van der Waals surface area (Å²) in [6.45, 7) is 1.87. The Bertz CT molecular complexity index is 546. The van der Waals surface area contributed by atoms with Crippen LogP contribution < -0.4 is 5.32 Å². The molecular weight excluding hydrogens is 273 g/mol. The smallest absolute Gasteiger partial charge is 0.123 e. The number of benzene rings is 2. The largest absolute Gasteiger partial charge is 0.316 e. The first-order chi connectivity index (χ1) is 9.74. The van der Waals surface area contributed by atoms with Crippen molar-refractivity contribution in [2.45, 2.75) is 18.3 Å².